The van der Waals surface area contributed by atoms with E-state index in [9.17, 15) is 9.18 Å². The average Bonchev–Trinajstić information content (AvgIpc) is 2.20. The minimum Gasteiger partial charge on any atom is -0.459 e. The lowest BCUT2D eigenvalue weighted by atomic mass is 10.1. The van der Waals surface area contributed by atoms with Gasteiger partial charge in [-0.1, -0.05) is 25.4 Å². The molecule has 1 aromatic carbocycles. The molecule has 1 atom stereocenters. The minimum absolute atomic E-state index is 0.117. The van der Waals surface area contributed by atoms with Gasteiger partial charge in [0.25, 0.3) is 0 Å². The third kappa shape index (κ3) is 4.35. The molecule has 0 radical (unpaired) electrons. The lowest BCUT2D eigenvalue weighted by molar-refractivity contribution is 0.0294. The Hall–Kier alpha value is -1.09. The van der Waals surface area contributed by atoms with Crippen LogP contribution in [0.2, 0.25) is 5.02 Å². The Kier molecular flexibility index (Phi) is 4.94. The van der Waals surface area contributed by atoms with Crippen LogP contribution in [0.4, 0.5) is 4.39 Å². The van der Waals surface area contributed by atoms with Crippen LogP contribution in [0.5, 0.6) is 0 Å². The highest BCUT2D eigenvalue weighted by atomic mass is 35.5. The van der Waals surface area contributed by atoms with Gasteiger partial charge in [0, 0.05) is 5.02 Å². The second-order valence-electron chi connectivity index (χ2n) is 4.47. The number of benzene rings is 1. The number of hydrogen-bond donors (Lipinski definition) is 0. The molecular formula is C13H16ClFO2. The smallest absolute Gasteiger partial charge is 0.341 e. The Bertz CT molecular complexity index is 404. The van der Waals surface area contributed by atoms with Crippen LogP contribution >= 0.6 is 11.6 Å². The molecule has 0 aliphatic rings. The maximum absolute atomic E-state index is 13.4. The number of halogens is 2. The summed E-state index contributed by atoms with van der Waals surface area (Å²) < 4.78 is 18.5. The van der Waals surface area contributed by atoms with E-state index in [0.29, 0.717) is 10.9 Å². The Morgan fingerprint density at radius 3 is 2.65 bits per heavy atom. The van der Waals surface area contributed by atoms with Crippen molar-refractivity contribution in [3.8, 4) is 0 Å². The van der Waals surface area contributed by atoms with E-state index in [1.165, 1.54) is 12.1 Å². The van der Waals surface area contributed by atoms with Crippen LogP contribution in [0.25, 0.3) is 0 Å². The monoisotopic (exact) mass is 258 g/mol. The first-order valence-corrected chi connectivity index (χ1v) is 5.94. The number of carbonyl (C=O) groups excluding carboxylic acids is 1. The van der Waals surface area contributed by atoms with Gasteiger partial charge >= 0.3 is 5.97 Å². The summed E-state index contributed by atoms with van der Waals surface area (Å²) in [5, 5.41) is 0.315. The second kappa shape index (κ2) is 6.01. The first-order valence-electron chi connectivity index (χ1n) is 5.56. The van der Waals surface area contributed by atoms with E-state index in [1.54, 1.807) is 6.92 Å². The first kappa shape index (κ1) is 14.0. The van der Waals surface area contributed by atoms with E-state index in [4.69, 9.17) is 16.3 Å². The number of hydrogen-bond acceptors (Lipinski definition) is 2. The summed E-state index contributed by atoms with van der Waals surface area (Å²) in [6.45, 7) is 5.86. The average molecular weight is 259 g/mol. The number of esters is 1. The van der Waals surface area contributed by atoms with Crippen LogP contribution in [0.15, 0.2) is 18.2 Å². The topological polar surface area (TPSA) is 26.3 Å². The molecule has 0 amide bonds. The first-order chi connectivity index (χ1) is 7.90. The Balaban J connectivity index is 2.73. The Morgan fingerprint density at radius 1 is 1.41 bits per heavy atom. The zero-order chi connectivity index (χ0) is 13.0. The van der Waals surface area contributed by atoms with Crippen LogP contribution in [0.1, 0.15) is 37.6 Å². The normalized spacial score (nSPS) is 12.6. The van der Waals surface area contributed by atoms with Gasteiger partial charge in [-0.2, -0.15) is 0 Å². The molecule has 0 saturated carbocycles. The molecule has 0 heterocycles. The number of ether oxygens (including phenoxy) is 1. The Labute approximate surface area is 106 Å². The molecule has 0 fully saturated rings. The van der Waals surface area contributed by atoms with E-state index in [-0.39, 0.29) is 11.7 Å². The van der Waals surface area contributed by atoms with Crippen molar-refractivity contribution in [2.75, 3.05) is 0 Å². The lowest BCUT2D eigenvalue weighted by Crippen LogP contribution is -2.17. The third-order valence-corrected chi connectivity index (χ3v) is 2.49. The molecule has 94 valence electrons. The van der Waals surface area contributed by atoms with Crippen LogP contribution < -0.4 is 0 Å². The zero-order valence-electron chi connectivity index (χ0n) is 10.2. The lowest BCUT2D eigenvalue weighted by Gasteiger charge is -2.15. The van der Waals surface area contributed by atoms with Crippen LogP contribution in [-0.4, -0.2) is 12.1 Å². The summed E-state index contributed by atoms with van der Waals surface area (Å²) in [7, 11) is 0. The van der Waals surface area contributed by atoms with Crippen molar-refractivity contribution in [2.24, 2.45) is 5.92 Å². The fourth-order valence-electron chi connectivity index (χ4n) is 1.61. The molecule has 0 saturated heterocycles. The van der Waals surface area contributed by atoms with Gasteiger partial charge in [0.15, 0.2) is 0 Å². The van der Waals surface area contributed by atoms with Gasteiger partial charge in [-0.05, 0) is 37.5 Å². The molecule has 2 nitrogen and oxygen atoms in total. The van der Waals surface area contributed by atoms with Crippen LogP contribution in [0.3, 0.4) is 0 Å². The summed E-state index contributed by atoms with van der Waals surface area (Å²) in [6, 6.07) is 3.83. The van der Waals surface area contributed by atoms with Crippen molar-refractivity contribution in [1.82, 2.24) is 0 Å². The molecule has 1 rings (SSSR count). The zero-order valence-corrected chi connectivity index (χ0v) is 10.9. The number of carbonyl (C=O) groups is 1. The Morgan fingerprint density at radius 2 is 2.06 bits per heavy atom. The molecule has 0 bridgehead atoms. The predicted molar refractivity (Wildman–Crippen MR) is 65.7 cm³/mol. The largest absolute Gasteiger partial charge is 0.459 e. The summed E-state index contributed by atoms with van der Waals surface area (Å²) in [4.78, 5) is 11.7. The summed E-state index contributed by atoms with van der Waals surface area (Å²) in [6.07, 6.45) is 0.509. The molecule has 0 spiro atoms. The second-order valence-corrected chi connectivity index (χ2v) is 4.91. The quantitative estimate of drug-likeness (QED) is 0.761. The molecule has 4 heteroatoms. The molecule has 0 aliphatic heterocycles. The third-order valence-electron chi connectivity index (χ3n) is 2.26. The predicted octanol–water partition coefficient (Wildman–Crippen LogP) is 4.07. The molecule has 0 aromatic heterocycles. The van der Waals surface area contributed by atoms with Crippen LogP contribution in [0, 0.1) is 11.7 Å². The van der Waals surface area contributed by atoms with E-state index in [0.717, 1.165) is 12.5 Å². The fraction of sp³-hybridized carbons (Fsp3) is 0.462. The maximum atomic E-state index is 13.4. The minimum atomic E-state index is -0.668. The van der Waals surface area contributed by atoms with Crippen molar-refractivity contribution >= 4 is 17.6 Å². The van der Waals surface area contributed by atoms with E-state index >= 15 is 0 Å². The molecule has 0 aliphatic carbocycles. The molecule has 1 aromatic rings. The fourth-order valence-corrected chi connectivity index (χ4v) is 1.78. The van der Waals surface area contributed by atoms with Crippen molar-refractivity contribution in [3.63, 3.8) is 0 Å². The van der Waals surface area contributed by atoms with E-state index in [2.05, 4.69) is 0 Å². The summed E-state index contributed by atoms with van der Waals surface area (Å²) in [5.74, 6) is -0.865. The molecule has 17 heavy (non-hydrogen) atoms. The van der Waals surface area contributed by atoms with Gasteiger partial charge in [0.05, 0.1) is 11.7 Å². The maximum Gasteiger partial charge on any atom is 0.341 e. The van der Waals surface area contributed by atoms with E-state index < -0.39 is 11.8 Å². The highest BCUT2D eigenvalue weighted by Crippen LogP contribution is 2.17. The van der Waals surface area contributed by atoms with E-state index in [1.807, 2.05) is 13.8 Å². The van der Waals surface area contributed by atoms with Gasteiger partial charge < -0.3 is 4.74 Å². The van der Waals surface area contributed by atoms with Crippen molar-refractivity contribution in [1.29, 1.82) is 0 Å². The van der Waals surface area contributed by atoms with Crippen molar-refractivity contribution in [2.45, 2.75) is 33.3 Å². The van der Waals surface area contributed by atoms with Crippen LogP contribution in [-0.2, 0) is 4.74 Å². The summed E-state index contributed by atoms with van der Waals surface area (Å²) in [5.41, 5.74) is -0.117. The van der Waals surface area contributed by atoms with Gasteiger partial charge in [-0.15, -0.1) is 0 Å². The van der Waals surface area contributed by atoms with Crippen molar-refractivity contribution in [3.05, 3.63) is 34.6 Å². The number of rotatable bonds is 4. The highest BCUT2D eigenvalue weighted by Gasteiger charge is 2.17. The van der Waals surface area contributed by atoms with Crippen molar-refractivity contribution < 1.29 is 13.9 Å². The van der Waals surface area contributed by atoms with Gasteiger partial charge in [0.1, 0.15) is 5.82 Å². The summed E-state index contributed by atoms with van der Waals surface area (Å²) >= 11 is 5.71. The van der Waals surface area contributed by atoms with Gasteiger partial charge in [0.2, 0.25) is 0 Å². The van der Waals surface area contributed by atoms with Gasteiger partial charge in [-0.3, -0.25) is 0 Å². The van der Waals surface area contributed by atoms with Gasteiger partial charge in [-0.25, -0.2) is 9.18 Å². The SMILES string of the molecule is CC(C)CC(C)OC(=O)c1cc(Cl)ccc1F. The highest BCUT2D eigenvalue weighted by molar-refractivity contribution is 6.30. The standard InChI is InChI=1S/C13H16ClFO2/c1-8(2)6-9(3)17-13(16)11-7-10(14)4-5-12(11)15/h4-5,7-9H,6H2,1-3H3. The molecular weight excluding hydrogens is 243 g/mol. The molecule has 1 unspecified atom stereocenters. The molecule has 0 N–H and O–H groups in total.